The van der Waals surface area contributed by atoms with Crippen LogP contribution in [0.4, 0.5) is 27.9 Å². The highest BCUT2D eigenvalue weighted by Crippen LogP contribution is 2.34. The molecular weight excluding hydrogens is 313 g/mol. The first-order valence-corrected chi connectivity index (χ1v) is 6.38. The molecule has 1 N–H and O–H groups in total. The minimum Gasteiger partial charge on any atom is -0.357 e. The van der Waals surface area contributed by atoms with Crippen molar-refractivity contribution in [2.24, 2.45) is 0 Å². The lowest BCUT2D eigenvalue weighted by molar-refractivity contribution is -0.141. The van der Waals surface area contributed by atoms with Crippen molar-refractivity contribution in [3.8, 4) is 0 Å². The lowest BCUT2D eigenvalue weighted by Gasteiger charge is -2.10. The molecule has 2 aromatic rings. The van der Waals surface area contributed by atoms with Crippen LogP contribution in [0.15, 0.2) is 34.2 Å². The Bertz CT molecular complexity index is 660. The lowest BCUT2D eigenvalue weighted by Crippen LogP contribution is -2.11. The summed E-state index contributed by atoms with van der Waals surface area (Å²) < 4.78 is 64.7. The molecular formula is C12H8F5N3S. The molecule has 21 heavy (non-hydrogen) atoms. The Hall–Kier alpha value is -1.90. The molecule has 0 spiro atoms. The van der Waals surface area contributed by atoms with E-state index in [0.717, 1.165) is 18.2 Å². The average Bonchev–Trinajstić information content (AvgIpc) is 2.41. The SMILES string of the molecule is CNc1nc(Sc2cc(F)ccc2F)cc(C(F)(F)F)n1. The van der Waals surface area contributed by atoms with Crippen LogP contribution in [0, 0.1) is 11.6 Å². The third kappa shape index (κ3) is 3.81. The van der Waals surface area contributed by atoms with Gasteiger partial charge >= 0.3 is 6.18 Å². The maximum atomic E-state index is 13.5. The van der Waals surface area contributed by atoms with Crippen molar-refractivity contribution in [2.75, 3.05) is 12.4 Å². The van der Waals surface area contributed by atoms with Crippen LogP contribution in [-0.4, -0.2) is 17.0 Å². The van der Waals surface area contributed by atoms with Crippen LogP contribution < -0.4 is 5.32 Å². The smallest absolute Gasteiger partial charge is 0.357 e. The zero-order valence-corrected chi connectivity index (χ0v) is 11.3. The standard InChI is InChI=1S/C12H8F5N3S/c1-18-11-19-9(12(15,16)17)5-10(20-11)21-8-4-6(13)2-3-7(8)14/h2-5H,1H3,(H,18,19,20). The second kappa shape index (κ2) is 5.84. The van der Waals surface area contributed by atoms with Crippen molar-refractivity contribution in [3.63, 3.8) is 0 Å². The van der Waals surface area contributed by atoms with E-state index in [0.29, 0.717) is 17.8 Å². The summed E-state index contributed by atoms with van der Waals surface area (Å²) in [7, 11) is 1.35. The number of rotatable bonds is 3. The molecule has 112 valence electrons. The van der Waals surface area contributed by atoms with Gasteiger partial charge < -0.3 is 5.32 Å². The van der Waals surface area contributed by atoms with Gasteiger partial charge in [-0.3, -0.25) is 0 Å². The average molecular weight is 321 g/mol. The summed E-state index contributed by atoms with van der Waals surface area (Å²) in [5.41, 5.74) is -1.17. The van der Waals surface area contributed by atoms with E-state index < -0.39 is 23.5 Å². The first-order valence-electron chi connectivity index (χ1n) is 5.56. The fraction of sp³-hybridized carbons (Fsp3) is 0.167. The number of aromatic nitrogens is 2. The molecule has 0 saturated heterocycles. The molecule has 1 aromatic carbocycles. The molecule has 0 bridgehead atoms. The van der Waals surface area contributed by atoms with Gasteiger partial charge in [-0.2, -0.15) is 13.2 Å². The molecule has 3 nitrogen and oxygen atoms in total. The van der Waals surface area contributed by atoms with Gasteiger partial charge in [0.1, 0.15) is 16.7 Å². The third-order valence-electron chi connectivity index (χ3n) is 2.32. The molecule has 0 fully saturated rings. The molecule has 1 aromatic heterocycles. The normalized spacial score (nSPS) is 11.5. The van der Waals surface area contributed by atoms with Gasteiger partial charge in [-0.1, -0.05) is 11.8 Å². The van der Waals surface area contributed by atoms with E-state index >= 15 is 0 Å². The van der Waals surface area contributed by atoms with Gasteiger partial charge in [0.25, 0.3) is 0 Å². The van der Waals surface area contributed by atoms with Crippen LogP contribution in [0.5, 0.6) is 0 Å². The first-order chi connectivity index (χ1) is 9.79. The Kier molecular flexibility index (Phi) is 4.31. The summed E-state index contributed by atoms with van der Waals surface area (Å²) in [6, 6.07) is 3.37. The molecule has 0 saturated carbocycles. The summed E-state index contributed by atoms with van der Waals surface area (Å²) in [6.45, 7) is 0. The monoisotopic (exact) mass is 321 g/mol. The fourth-order valence-electron chi connectivity index (χ4n) is 1.40. The van der Waals surface area contributed by atoms with Crippen molar-refractivity contribution in [1.82, 2.24) is 9.97 Å². The van der Waals surface area contributed by atoms with E-state index in [-0.39, 0.29) is 15.9 Å². The zero-order valence-electron chi connectivity index (χ0n) is 10.5. The predicted octanol–water partition coefficient (Wildman–Crippen LogP) is 3.97. The highest BCUT2D eigenvalue weighted by molar-refractivity contribution is 7.99. The molecule has 0 radical (unpaired) electrons. The predicted molar refractivity (Wildman–Crippen MR) is 67.1 cm³/mol. The number of alkyl halides is 3. The van der Waals surface area contributed by atoms with Gasteiger partial charge in [-0.25, -0.2) is 18.7 Å². The number of nitrogens with one attached hydrogen (secondary N) is 1. The molecule has 9 heteroatoms. The van der Waals surface area contributed by atoms with Crippen molar-refractivity contribution >= 4 is 17.7 Å². The second-order valence-corrected chi connectivity index (χ2v) is 4.90. The summed E-state index contributed by atoms with van der Waals surface area (Å²) >= 11 is 0.582. The van der Waals surface area contributed by atoms with Crippen molar-refractivity contribution in [2.45, 2.75) is 16.1 Å². The minimum absolute atomic E-state index is 0.147. The highest BCUT2D eigenvalue weighted by Gasteiger charge is 2.33. The second-order valence-electron chi connectivity index (χ2n) is 3.84. The van der Waals surface area contributed by atoms with E-state index in [2.05, 4.69) is 15.3 Å². The molecule has 0 atom stereocenters. The quantitative estimate of drug-likeness (QED) is 0.686. The minimum atomic E-state index is -4.66. The highest BCUT2D eigenvalue weighted by atomic mass is 32.2. The van der Waals surface area contributed by atoms with Crippen molar-refractivity contribution in [3.05, 3.63) is 41.6 Å². The number of hydrogen-bond acceptors (Lipinski definition) is 4. The van der Waals surface area contributed by atoms with E-state index in [1.807, 2.05) is 0 Å². The summed E-state index contributed by atoms with van der Waals surface area (Å²) in [5.74, 6) is -1.71. The Morgan fingerprint density at radius 1 is 1.10 bits per heavy atom. The topological polar surface area (TPSA) is 37.8 Å². The van der Waals surface area contributed by atoms with Gasteiger partial charge in [0.15, 0.2) is 5.69 Å². The third-order valence-corrected chi connectivity index (χ3v) is 3.28. The van der Waals surface area contributed by atoms with Crippen LogP contribution in [0.1, 0.15) is 5.69 Å². The van der Waals surface area contributed by atoms with Crippen molar-refractivity contribution in [1.29, 1.82) is 0 Å². The number of anilines is 1. The van der Waals surface area contributed by atoms with Crippen LogP contribution in [-0.2, 0) is 6.18 Å². The van der Waals surface area contributed by atoms with E-state index in [1.165, 1.54) is 7.05 Å². The molecule has 0 aliphatic heterocycles. The van der Waals surface area contributed by atoms with Crippen molar-refractivity contribution < 1.29 is 22.0 Å². The number of nitrogens with zero attached hydrogens (tertiary/aromatic N) is 2. The Morgan fingerprint density at radius 2 is 1.81 bits per heavy atom. The number of halogens is 5. The van der Waals surface area contributed by atoms with Crippen LogP contribution in [0.25, 0.3) is 0 Å². The maximum Gasteiger partial charge on any atom is 0.433 e. The summed E-state index contributed by atoms with van der Waals surface area (Å²) in [6.07, 6.45) is -4.66. The zero-order chi connectivity index (χ0) is 15.6. The molecule has 0 aliphatic rings. The van der Waals surface area contributed by atoms with Gasteiger partial charge in [0, 0.05) is 13.1 Å². The van der Waals surface area contributed by atoms with Crippen LogP contribution >= 0.6 is 11.8 Å². The number of benzene rings is 1. The van der Waals surface area contributed by atoms with Gasteiger partial charge in [0.05, 0.1) is 4.90 Å². The van der Waals surface area contributed by atoms with E-state index in [1.54, 1.807) is 0 Å². The lowest BCUT2D eigenvalue weighted by atomic mass is 10.3. The van der Waals surface area contributed by atoms with Crippen LogP contribution in [0.3, 0.4) is 0 Å². The largest absolute Gasteiger partial charge is 0.433 e. The van der Waals surface area contributed by atoms with E-state index in [9.17, 15) is 22.0 Å². The molecule has 0 amide bonds. The molecule has 0 unspecified atom stereocenters. The fourth-order valence-corrected chi connectivity index (χ4v) is 2.27. The van der Waals surface area contributed by atoms with Gasteiger partial charge in [-0.15, -0.1) is 0 Å². The van der Waals surface area contributed by atoms with E-state index in [4.69, 9.17) is 0 Å². The summed E-state index contributed by atoms with van der Waals surface area (Å²) in [4.78, 5) is 6.90. The Balaban J connectivity index is 2.42. The first kappa shape index (κ1) is 15.5. The Labute approximate surface area is 120 Å². The molecule has 2 rings (SSSR count). The molecule has 0 aliphatic carbocycles. The Morgan fingerprint density at radius 3 is 2.43 bits per heavy atom. The van der Waals surface area contributed by atoms with Gasteiger partial charge in [0.2, 0.25) is 5.95 Å². The maximum absolute atomic E-state index is 13.5. The number of hydrogen-bond donors (Lipinski definition) is 1. The summed E-state index contributed by atoms with van der Waals surface area (Å²) in [5, 5.41) is 2.24. The molecule has 1 heterocycles. The van der Waals surface area contributed by atoms with Crippen LogP contribution in [0.2, 0.25) is 0 Å². The van der Waals surface area contributed by atoms with Gasteiger partial charge in [-0.05, 0) is 18.2 Å².